The van der Waals surface area contributed by atoms with Gasteiger partial charge in [0.25, 0.3) is 5.91 Å². The lowest BCUT2D eigenvalue weighted by molar-refractivity contribution is -0.118. The van der Waals surface area contributed by atoms with Crippen LogP contribution in [0.3, 0.4) is 0 Å². The molecule has 2 heterocycles. The molecular formula is C23H20ClN5O3. The van der Waals surface area contributed by atoms with Crippen molar-refractivity contribution < 1.29 is 14.3 Å². The number of nitrogens with one attached hydrogen (secondary N) is 2. The number of carbonyl (C=O) groups excluding carboxylic acids is 1. The topological polar surface area (TPSA) is 126 Å². The average Bonchev–Trinajstić information content (AvgIpc) is 3.14. The maximum atomic E-state index is 12.3. The molecule has 0 aliphatic carbocycles. The molecule has 3 aromatic rings. The molecule has 1 atom stereocenters. The lowest BCUT2D eigenvalue weighted by Crippen LogP contribution is -2.21. The predicted octanol–water partition coefficient (Wildman–Crippen LogP) is 3.92. The van der Waals surface area contributed by atoms with Crippen LogP contribution in [-0.2, 0) is 4.79 Å². The first-order valence-electron chi connectivity index (χ1n) is 9.78. The molecule has 1 amide bonds. The number of amides is 1. The third-order valence-electron chi connectivity index (χ3n) is 5.19. The van der Waals surface area contributed by atoms with Crippen molar-refractivity contribution in [3.05, 3.63) is 81.3 Å². The Morgan fingerprint density at radius 2 is 2.06 bits per heavy atom. The molecule has 0 bridgehead atoms. The average molecular weight is 450 g/mol. The zero-order valence-corrected chi connectivity index (χ0v) is 18.2. The summed E-state index contributed by atoms with van der Waals surface area (Å²) < 4.78 is 11.1. The van der Waals surface area contributed by atoms with Crippen molar-refractivity contribution in [2.45, 2.75) is 19.8 Å². The van der Waals surface area contributed by atoms with E-state index in [4.69, 9.17) is 26.8 Å². The SMILES string of the molecule is Cc1ccc(Cl)cc1NC(=O)COc1ccc(C2C(C#N)=C(N)Oc3n[nH]c(C)c32)cc1. The molecule has 4 rings (SSSR count). The number of aromatic nitrogens is 2. The van der Waals surface area contributed by atoms with Crippen molar-refractivity contribution in [1.29, 1.82) is 5.26 Å². The molecule has 0 saturated carbocycles. The smallest absolute Gasteiger partial charge is 0.262 e. The van der Waals surface area contributed by atoms with Gasteiger partial charge in [-0.2, -0.15) is 5.26 Å². The molecule has 162 valence electrons. The third-order valence-corrected chi connectivity index (χ3v) is 5.42. The standard InChI is InChI=1S/C23H20ClN5O3/c1-12-3-6-15(24)9-18(12)27-19(30)11-31-16-7-4-14(5-8-16)21-17(10-25)22(26)32-23-20(21)13(2)28-29-23/h3-9,21H,11,26H2,1-2H3,(H,27,30)(H,28,29). The van der Waals surface area contributed by atoms with E-state index in [1.807, 2.05) is 32.0 Å². The van der Waals surface area contributed by atoms with E-state index < -0.39 is 5.92 Å². The van der Waals surface area contributed by atoms with Gasteiger partial charge in [-0.05, 0) is 49.2 Å². The summed E-state index contributed by atoms with van der Waals surface area (Å²) in [6.07, 6.45) is 0. The maximum Gasteiger partial charge on any atom is 0.262 e. The van der Waals surface area contributed by atoms with Gasteiger partial charge in [-0.3, -0.25) is 9.89 Å². The quantitative estimate of drug-likeness (QED) is 0.542. The van der Waals surface area contributed by atoms with Crippen LogP contribution in [0.1, 0.15) is 28.3 Å². The number of nitrogens with zero attached hydrogens (tertiary/aromatic N) is 2. The van der Waals surface area contributed by atoms with Crippen LogP contribution in [0.5, 0.6) is 11.6 Å². The zero-order valence-electron chi connectivity index (χ0n) is 17.4. The van der Waals surface area contributed by atoms with E-state index in [0.717, 1.165) is 22.4 Å². The number of fused-ring (bicyclic) bond motifs is 1. The van der Waals surface area contributed by atoms with Crippen LogP contribution >= 0.6 is 11.6 Å². The number of anilines is 1. The number of aromatic amines is 1. The number of ether oxygens (including phenoxy) is 2. The molecule has 9 heteroatoms. The van der Waals surface area contributed by atoms with Crippen molar-refractivity contribution in [1.82, 2.24) is 10.2 Å². The second-order valence-electron chi connectivity index (χ2n) is 7.36. The highest BCUT2D eigenvalue weighted by Gasteiger charge is 2.34. The molecule has 8 nitrogen and oxygen atoms in total. The number of aryl methyl sites for hydroxylation is 2. The van der Waals surface area contributed by atoms with E-state index in [-0.39, 0.29) is 18.4 Å². The fourth-order valence-electron chi connectivity index (χ4n) is 3.55. The Labute approximate surface area is 189 Å². The predicted molar refractivity (Wildman–Crippen MR) is 119 cm³/mol. The van der Waals surface area contributed by atoms with Crippen LogP contribution in [0.2, 0.25) is 5.02 Å². The number of hydrogen-bond donors (Lipinski definition) is 3. The van der Waals surface area contributed by atoms with Crippen LogP contribution in [0.25, 0.3) is 0 Å². The molecule has 0 spiro atoms. The van der Waals surface area contributed by atoms with Gasteiger partial charge in [-0.15, -0.1) is 5.10 Å². The minimum absolute atomic E-state index is 0.0322. The van der Waals surface area contributed by atoms with E-state index in [9.17, 15) is 10.1 Å². The highest BCUT2D eigenvalue weighted by Crippen LogP contribution is 2.42. The lowest BCUT2D eigenvalue weighted by Gasteiger charge is -2.23. The van der Waals surface area contributed by atoms with Crippen LogP contribution in [-0.4, -0.2) is 22.7 Å². The van der Waals surface area contributed by atoms with Gasteiger partial charge in [0.15, 0.2) is 6.61 Å². The van der Waals surface area contributed by atoms with E-state index in [1.54, 1.807) is 24.3 Å². The number of nitriles is 1. The van der Waals surface area contributed by atoms with Gasteiger partial charge in [0, 0.05) is 22.0 Å². The van der Waals surface area contributed by atoms with Crippen molar-refractivity contribution >= 4 is 23.2 Å². The second-order valence-corrected chi connectivity index (χ2v) is 7.79. The molecule has 1 unspecified atom stereocenters. The Balaban J connectivity index is 1.48. The Morgan fingerprint density at radius 1 is 1.31 bits per heavy atom. The normalized spacial score (nSPS) is 14.9. The minimum atomic E-state index is -0.411. The van der Waals surface area contributed by atoms with Crippen molar-refractivity contribution in [3.63, 3.8) is 0 Å². The Morgan fingerprint density at radius 3 is 2.78 bits per heavy atom. The van der Waals surface area contributed by atoms with Gasteiger partial charge in [0.05, 0.1) is 5.92 Å². The number of hydrogen-bond acceptors (Lipinski definition) is 6. The van der Waals surface area contributed by atoms with E-state index in [2.05, 4.69) is 21.6 Å². The number of nitrogens with two attached hydrogens (primary N) is 1. The van der Waals surface area contributed by atoms with Gasteiger partial charge >= 0.3 is 0 Å². The van der Waals surface area contributed by atoms with Gasteiger partial charge in [0.1, 0.15) is 17.4 Å². The van der Waals surface area contributed by atoms with Crippen molar-refractivity contribution in [3.8, 4) is 17.7 Å². The fraction of sp³-hybridized carbons (Fsp3) is 0.174. The highest BCUT2D eigenvalue weighted by atomic mass is 35.5. The van der Waals surface area contributed by atoms with Crippen molar-refractivity contribution in [2.24, 2.45) is 5.73 Å². The molecule has 32 heavy (non-hydrogen) atoms. The van der Waals surface area contributed by atoms with E-state index in [1.165, 1.54) is 0 Å². The maximum absolute atomic E-state index is 12.3. The summed E-state index contributed by atoms with van der Waals surface area (Å²) in [6, 6.07) is 14.6. The molecule has 0 saturated heterocycles. The monoisotopic (exact) mass is 449 g/mol. The molecule has 1 aromatic heterocycles. The Kier molecular flexibility index (Phi) is 5.75. The number of halogens is 1. The van der Waals surface area contributed by atoms with Gasteiger partial charge in [-0.25, -0.2) is 0 Å². The summed E-state index contributed by atoms with van der Waals surface area (Å²) in [5.74, 6) is 0.191. The molecule has 1 aliphatic rings. The van der Waals surface area contributed by atoms with Gasteiger partial charge in [-0.1, -0.05) is 29.8 Å². The largest absolute Gasteiger partial charge is 0.484 e. The summed E-state index contributed by atoms with van der Waals surface area (Å²) in [5, 5.41) is 19.9. The Bertz CT molecular complexity index is 1260. The molecule has 0 fully saturated rings. The third kappa shape index (κ3) is 4.11. The number of H-pyrrole nitrogens is 1. The van der Waals surface area contributed by atoms with Crippen LogP contribution in [0, 0.1) is 25.2 Å². The summed E-state index contributed by atoms with van der Waals surface area (Å²) in [6.45, 7) is 3.58. The Hall–Kier alpha value is -3.96. The molecule has 4 N–H and O–H groups in total. The summed E-state index contributed by atoms with van der Waals surface area (Å²) >= 11 is 5.99. The lowest BCUT2D eigenvalue weighted by atomic mass is 9.84. The first-order chi connectivity index (χ1) is 15.4. The molecular weight excluding hydrogens is 430 g/mol. The summed E-state index contributed by atoms with van der Waals surface area (Å²) in [7, 11) is 0. The molecule has 1 aliphatic heterocycles. The molecule has 0 radical (unpaired) electrons. The highest BCUT2D eigenvalue weighted by molar-refractivity contribution is 6.31. The number of allylic oxidation sites excluding steroid dienone is 1. The van der Waals surface area contributed by atoms with Crippen LogP contribution in [0.4, 0.5) is 5.69 Å². The van der Waals surface area contributed by atoms with E-state index in [0.29, 0.717) is 27.9 Å². The summed E-state index contributed by atoms with van der Waals surface area (Å²) in [5.41, 5.74) is 10.2. The van der Waals surface area contributed by atoms with E-state index >= 15 is 0 Å². The van der Waals surface area contributed by atoms with Crippen LogP contribution in [0.15, 0.2) is 53.9 Å². The zero-order chi connectivity index (χ0) is 22.8. The first-order valence-corrected chi connectivity index (χ1v) is 10.2. The molecule has 2 aromatic carbocycles. The number of benzene rings is 2. The van der Waals surface area contributed by atoms with Crippen molar-refractivity contribution in [2.75, 3.05) is 11.9 Å². The van der Waals surface area contributed by atoms with Gasteiger partial charge in [0.2, 0.25) is 11.8 Å². The summed E-state index contributed by atoms with van der Waals surface area (Å²) in [4.78, 5) is 12.3. The second kappa shape index (κ2) is 8.65. The number of carbonyl (C=O) groups is 1. The van der Waals surface area contributed by atoms with Crippen LogP contribution < -0.4 is 20.5 Å². The fourth-order valence-corrected chi connectivity index (χ4v) is 3.72. The number of rotatable bonds is 5. The minimum Gasteiger partial charge on any atom is -0.484 e. The first kappa shape index (κ1) is 21.3. The van der Waals surface area contributed by atoms with Gasteiger partial charge < -0.3 is 20.5 Å².